The standard InChI is InChI=1S/C22H30F3N5/c1-4-26-21(28-19-11-9-18(10-12-19)22(23,24)25)27-14-17-7-5-6-8-20(17)30-16(3)13-15(2)29-30/h5-8,13,18-19H,4,9-12,14H2,1-3H3,(H2,26,27,28). The number of aromatic nitrogens is 2. The molecule has 0 atom stereocenters. The molecule has 0 saturated heterocycles. The molecule has 0 amide bonds. The van der Waals surface area contributed by atoms with Gasteiger partial charge >= 0.3 is 6.18 Å². The van der Waals surface area contributed by atoms with E-state index in [4.69, 9.17) is 4.99 Å². The summed E-state index contributed by atoms with van der Waals surface area (Å²) in [5.74, 6) is -0.543. The van der Waals surface area contributed by atoms with Crippen LogP contribution in [0.1, 0.15) is 49.6 Å². The Morgan fingerprint density at radius 1 is 1.17 bits per heavy atom. The van der Waals surface area contributed by atoms with Crippen molar-refractivity contribution in [1.82, 2.24) is 20.4 Å². The van der Waals surface area contributed by atoms with Gasteiger partial charge in [-0.1, -0.05) is 18.2 Å². The number of para-hydroxylation sites is 1. The Bertz CT molecular complexity index is 864. The first kappa shape index (κ1) is 22.2. The lowest BCUT2D eigenvalue weighted by Gasteiger charge is -2.31. The Morgan fingerprint density at radius 2 is 1.87 bits per heavy atom. The van der Waals surface area contributed by atoms with Crippen LogP contribution in [0.3, 0.4) is 0 Å². The van der Waals surface area contributed by atoms with Crippen molar-refractivity contribution in [2.24, 2.45) is 10.9 Å². The Morgan fingerprint density at radius 3 is 2.47 bits per heavy atom. The topological polar surface area (TPSA) is 54.2 Å². The molecule has 0 aliphatic heterocycles. The number of nitrogens with zero attached hydrogens (tertiary/aromatic N) is 3. The molecule has 1 saturated carbocycles. The fraction of sp³-hybridized carbons (Fsp3) is 0.545. The van der Waals surface area contributed by atoms with Crippen molar-refractivity contribution < 1.29 is 13.2 Å². The number of guanidine groups is 1. The van der Waals surface area contributed by atoms with Gasteiger partial charge in [0.1, 0.15) is 0 Å². The molecule has 1 aliphatic rings. The van der Waals surface area contributed by atoms with Gasteiger partial charge in [0.25, 0.3) is 0 Å². The van der Waals surface area contributed by atoms with Crippen LogP contribution in [0, 0.1) is 19.8 Å². The van der Waals surface area contributed by atoms with Crippen molar-refractivity contribution in [3.63, 3.8) is 0 Å². The quantitative estimate of drug-likeness (QED) is 0.545. The summed E-state index contributed by atoms with van der Waals surface area (Å²) in [6.45, 7) is 7.08. The van der Waals surface area contributed by atoms with Gasteiger partial charge in [0.2, 0.25) is 0 Å². The number of aryl methyl sites for hydroxylation is 2. The number of nitrogens with one attached hydrogen (secondary N) is 2. The molecular weight excluding hydrogens is 391 g/mol. The summed E-state index contributed by atoms with van der Waals surface area (Å²) < 4.78 is 40.6. The van der Waals surface area contributed by atoms with Crippen LogP contribution < -0.4 is 10.6 Å². The minimum absolute atomic E-state index is 0.00709. The normalized spacial score (nSPS) is 20.3. The van der Waals surface area contributed by atoms with E-state index in [0.29, 0.717) is 31.9 Å². The first-order chi connectivity index (χ1) is 14.3. The fourth-order valence-corrected chi connectivity index (χ4v) is 3.97. The van der Waals surface area contributed by atoms with Gasteiger partial charge in [-0.05, 0) is 64.2 Å². The lowest BCUT2D eigenvalue weighted by Crippen LogP contribution is -2.45. The first-order valence-corrected chi connectivity index (χ1v) is 10.5. The minimum atomic E-state index is -4.09. The van der Waals surface area contributed by atoms with E-state index in [9.17, 15) is 13.2 Å². The third kappa shape index (κ3) is 5.55. The van der Waals surface area contributed by atoms with Crippen molar-refractivity contribution in [2.75, 3.05) is 6.54 Å². The van der Waals surface area contributed by atoms with Crippen LogP contribution in [0.4, 0.5) is 13.2 Å². The lowest BCUT2D eigenvalue weighted by atomic mass is 9.85. The molecule has 0 spiro atoms. The highest BCUT2D eigenvalue weighted by atomic mass is 19.4. The zero-order chi connectivity index (χ0) is 21.7. The second kappa shape index (κ2) is 9.53. The van der Waals surface area contributed by atoms with Crippen molar-refractivity contribution in [2.45, 2.75) is 65.2 Å². The second-order valence-corrected chi connectivity index (χ2v) is 7.90. The highest BCUT2D eigenvalue weighted by Gasteiger charge is 2.41. The minimum Gasteiger partial charge on any atom is -0.357 e. The average molecular weight is 422 g/mol. The van der Waals surface area contributed by atoms with E-state index in [1.54, 1.807) is 0 Å². The van der Waals surface area contributed by atoms with Crippen LogP contribution in [-0.4, -0.2) is 34.5 Å². The third-order valence-corrected chi connectivity index (χ3v) is 5.51. The van der Waals surface area contributed by atoms with E-state index in [-0.39, 0.29) is 18.9 Å². The van der Waals surface area contributed by atoms with Gasteiger partial charge in [-0.3, -0.25) is 0 Å². The van der Waals surface area contributed by atoms with Gasteiger partial charge in [-0.2, -0.15) is 18.3 Å². The molecule has 1 heterocycles. The Kier molecular flexibility index (Phi) is 7.05. The van der Waals surface area contributed by atoms with Crippen LogP contribution >= 0.6 is 0 Å². The summed E-state index contributed by atoms with van der Waals surface area (Å²) >= 11 is 0. The second-order valence-electron chi connectivity index (χ2n) is 7.90. The molecule has 2 aromatic rings. The Labute approximate surface area is 175 Å². The van der Waals surface area contributed by atoms with Crippen molar-refractivity contribution in [3.8, 4) is 5.69 Å². The lowest BCUT2D eigenvalue weighted by molar-refractivity contribution is -0.182. The maximum atomic E-state index is 12.9. The van der Waals surface area contributed by atoms with E-state index in [0.717, 1.165) is 22.6 Å². The van der Waals surface area contributed by atoms with E-state index in [1.807, 2.05) is 55.8 Å². The number of benzene rings is 1. The molecular formula is C22H30F3N5. The summed E-state index contributed by atoms with van der Waals surface area (Å²) in [6.07, 6.45) is -2.76. The maximum Gasteiger partial charge on any atom is 0.391 e. The molecule has 1 aromatic heterocycles. The number of alkyl halides is 3. The highest BCUT2D eigenvalue weighted by Crippen LogP contribution is 2.37. The summed E-state index contributed by atoms with van der Waals surface area (Å²) in [4.78, 5) is 4.70. The number of hydrogen-bond donors (Lipinski definition) is 2. The first-order valence-electron chi connectivity index (χ1n) is 10.5. The molecule has 0 radical (unpaired) electrons. The van der Waals surface area contributed by atoms with Crippen LogP contribution in [0.2, 0.25) is 0 Å². The van der Waals surface area contributed by atoms with E-state index < -0.39 is 12.1 Å². The monoisotopic (exact) mass is 421 g/mol. The summed E-state index contributed by atoms with van der Waals surface area (Å²) in [5, 5.41) is 11.1. The maximum absolute atomic E-state index is 12.9. The van der Waals surface area contributed by atoms with Gasteiger partial charge < -0.3 is 10.6 Å². The van der Waals surface area contributed by atoms with Gasteiger partial charge in [0.05, 0.1) is 23.8 Å². The number of rotatable bonds is 5. The number of hydrogen-bond acceptors (Lipinski definition) is 2. The van der Waals surface area contributed by atoms with E-state index in [1.165, 1.54) is 0 Å². The third-order valence-electron chi connectivity index (χ3n) is 5.51. The summed E-state index contributed by atoms with van der Waals surface area (Å²) in [5.41, 5.74) is 4.01. The predicted octanol–water partition coefficient (Wildman–Crippen LogP) is 4.67. The number of aliphatic imine (C=N–C) groups is 1. The van der Waals surface area contributed by atoms with Gasteiger partial charge in [0.15, 0.2) is 5.96 Å². The molecule has 1 fully saturated rings. The largest absolute Gasteiger partial charge is 0.391 e. The molecule has 8 heteroatoms. The van der Waals surface area contributed by atoms with Crippen LogP contribution in [0.5, 0.6) is 0 Å². The average Bonchev–Trinajstić information content (AvgIpc) is 3.04. The zero-order valence-electron chi connectivity index (χ0n) is 17.8. The van der Waals surface area contributed by atoms with Gasteiger partial charge in [-0.25, -0.2) is 9.67 Å². The van der Waals surface area contributed by atoms with Crippen LogP contribution in [-0.2, 0) is 6.54 Å². The molecule has 1 aliphatic carbocycles. The van der Waals surface area contributed by atoms with Crippen LogP contribution in [0.15, 0.2) is 35.3 Å². The van der Waals surface area contributed by atoms with E-state index >= 15 is 0 Å². The summed E-state index contributed by atoms with van der Waals surface area (Å²) in [6, 6.07) is 10.0. The molecule has 2 N–H and O–H groups in total. The van der Waals surface area contributed by atoms with Crippen LogP contribution in [0.25, 0.3) is 5.69 Å². The fourth-order valence-electron chi connectivity index (χ4n) is 3.97. The van der Waals surface area contributed by atoms with Gasteiger partial charge in [-0.15, -0.1) is 0 Å². The molecule has 3 rings (SSSR count). The molecule has 164 valence electrons. The van der Waals surface area contributed by atoms with Crippen molar-refractivity contribution in [3.05, 3.63) is 47.3 Å². The zero-order valence-corrected chi connectivity index (χ0v) is 17.8. The predicted molar refractivity (Wildman–Crippen MR) is 113 cm³/mol. The Hall–Kier alpha value is -2.51. The summed E-state index contributed by atoms with van der Waals surface area (Å²) in [7, 11) is 0. The molecule has 0 unspecified atom stereocenters. The van der Waals surface area contributed by atoms with Crippen molar-refractivity contribution >= 4 is 5.96 Å². The Balaban J connectivity index is 1.70. The molecule has 1 aromatic carbocycles. The SMILES string of the molecule is CCNC(=NCc1ccccc1-n1nc(C)cc1C)NC1CCC(C(F)(F)F)CC1. The smallest absolute Gasteiger partial charge is 0.357 e. The van der Waals surface area contributed by atoms with Gasteiger partial charge in [0, 0.05) is 18.3 Å². The van der Waals surface area contributed by atoms with Crippen molar-refractivity contribution in [1.29, 1.82) is 0 Å². The van der Waals surface area contributed by atoms with E-state index in [2.05, 4.69) is 15.7 Å². The number of halogens is 3. The highest BCUT2D eigenvalue weighted by molar-refractivity contribution is 5.80. The molecule has 0 bridgehead atoms. The molecule has 30 heavy (non-hydrogen) atoms. The molecule has 5 nitrogen and oxygen atoms in total.